The summed E-state index contributed by atoms with van der Waals surface area (Å²) in [5, 5.41) is 10.1. The number of hydrogen-bond donors (Lipinski definition) is 2. The van der Waals surface area contributed by atoms with Crippen molar-refractivity contribution in [2.45, 2.75) is 58.2 Å². The zero-order chi connectivity index (χ0) is 19.3. The van der Waals surface area contributed by atoms with Crippen LogP contribution in [0.15, 0.2) is 15.9 Å². The maximum Gasteiger partial charge on any atom is 0.332 e. The molecule has 142 valence electrons. The first-order valence-corrected chi connectivity index (χ1v) is 8.89. The Bertz CT molecular complexity index is 940. The van der Waals surface area contributed by atoms with E-state index in [4.69, 9.17) is 5.73 Å². The highest BCUT2D eigenvalue weighted by Crippen LogP contribution is 2.13. The largest absolute Gasteiger partial charge is 0.378 e. The first-order chi connectivity index (χ1) is 12.3. The molecule has 2 heterocycles. The Morgan fingerprint density at radius 1 is 1.31 bits per heavy atom. The molecule has 1 unspecified atom stereocenters. The second kappa shape index (κ2) is 8.34. The molecule has 2 aromatic heterocycles. The van der Waals surface area contributed by atoms with Gasteiger partial charge < -0.3 is 15.4 Å². The zero-order valence-corrected chi connectivity index (χ0v) is 15.7. The molecule has 0 saturated carbocycles. The molecule has 26 heavy (non-hydrogen) atoms. The summed E-state index contributed by atoms with van der Waals surface area (Å²) in [4.78, 5) is 29.5. The summed E-state index contributed by atoms with van der Waals surface area (Å²) in [6.45, 7) is 4.82. The lowest BCUT2D eigenvalue weighted by atomic mass is 10.00. The Balaban J connectivity index is 2.21. The molecule has 2 rings (SSSR count). The number of rotatable bonds is 7. The molecule has 3 N–H and O–H groups in total. The van der Waals surface area contributed by atoms with Crippen molar-refractivity contribution >= 4 is 11.2 Å². The van der Waals surface area contributed by atoms with Gasteiger partial charge in [-0.05, 0) is 32.6 Å². The van der Waals surface area contributed by atoms with Gasteiger partial charge in [-0.15, -0.1) is 0 Å². The average molecular weight is 361 g/mol. The van der Waals surface area contributed by atoms with E-state index in [-0.39, 0.29) is 17.8 Å². The maximum atomic E-state index is 12.8. The van der Waals surface area contributed by atoms with Gasteiger partial charge >= 0.3 is 5.69 Å². The van der Waals surface area contributed by atoms with Crippen LogP contribution < -0.4 is 17.0 Å². The molecule has 0 spiro atoms. The third-order valence-corrected chi connectivity index (χ3v) is 4.32. The van der Waals surface area contributed by atoms with Crippen molar-refractivity contribution in [2.24, 2.45) is 12.8 Å². The van der Waals surface area contributed by atoms with E-state index < -0.39 is 5.60 Å². The maximum absolute atomic E-state index is 12.8. The van der Waals surface area contributed by atoms with Crippen molar-refractivity contribution in [2.75, 3.05) is 6.54 Å². The van der Waals surface area contributed by atoms with Gasteiger partial charge in [0, 0.05) is 20.1 Å². The van der Waals surface area contributed by atoms with Crippen molar-refractivity contribution < 1.29 is 5.11 Å². The van der Waals surface area contributed by atoms with Gasteiger partial charge in [-0.1, -0.05) is 18.8 Å². The minimum absolute atomic E-state index is 0.201. The number of aliphatic hydroxyl groups is 1. The summed E-state index contributed by atoms with van der Waals surface area (Å²) in [6.07, 6.45) is 4.14. The first kappa shape index (κ1) is 19.9. The van der Waals surface area contributed by atoms with Gasteiger partial charge in [-0.25, -0.2) is 9.78 Å². The minimum atomic E-state index is -1.11. The van der Waals surface area contributed by atoms with Crippen LogP contribution in [0.25, 0.3) is 11.2 Å². The van der Waals surface area contributed by atoms with Gasteiger partial charge in [-0.2, -0.15) is 0 Å². The lowest BCUT2D eigenvalue weighted by Gasteiger charge is -2.16. The van der Waals surface area contributed by atoms with E-state index in [1.165, 1.54) is 9.13 Å². The van der Waals surface area contributed by atoms with E-state index in [2.05, 4.69) is 16.8 Å². The lowest BCUT2D eigenvalue weighted by molar-refractivity contribution is 0.108. The van der Waals surface area contributed by atoms with Crippen LogP contribution >= 0.6 is 0 Å². The van der Waals surface area contributed by atoms with Crippen LogP contribution in [0.2, 0.25) is 0 Å². The Labute approximate surface area is 152 Å². The van der Waals surface area contributed by atoms with E-state index in [0.717, 1.165) is 6.42 Å². The highest BCUT2D eigenvalue weighted by molar-refractivity contribution is 5.69. The van der Waals surface area contributed by atoms with Crippen molar-refractivity contribution in [1.82, 2.24) is 18.7 Å². The lowest BCUT2D eigenvalue weighted by Crippen LogP contribution is -2.39. The van der Waals surface area contributed by atoms with E-state index in [9.17, 15) is 14.7 Å². The van der Waals surface area contributed by atoms with Crippen molar-refractivity contribution in [1.29, 1.82) is 0 Å². The second-order valence-electron chi connectivity index (χ2n) is 6.65. The summed E-state index contributed by atoms with van der Waals surface area (Å²) in [5.41, 5.74) is 4.37. The number of hydrogen-bond acceptors (Lipinski definition) is 5. The van der Waals surface area contributed by atoms with Gasteiger partial charge in [-0.3, -0.25) is 13.9 Å². The number of nitrogens with zero attached hydrogens (tertiary/aromatic N) is 4. The van der Waals surface area contributed by atoms with E-state index in [1.54, 1.807) is 24.9 Å². The highest BCUT2D eigenvalue weighted by atomic mass is 16.3. The fourth-order valence-electron chi connectivity index (χ4n) is 2.97. The number of aryl methyl sites for hydroxylation is 2. The molecule has 8 nitrogen and oxygen atoms in total. The summed E-state index contributed by atoms with van der Waals surface area (Å²) in [5.74, 6) is 5.38. The SMILES string of the molecule is CCCn1cnc2c1c(=O)n(CCCCC(C)(O)C#CCN)c(=O)n2C. The van der Waals surface area contributed by atoms with Crippen molar-refractivity contribution in [3.8, 4) is 11.8 Å². The quantitative estimate of drug-likeness (QED) is 0.541. The third kappa shape index (κ3) is 4.23. The summed E-state index contributed by atoms with van der Waals surface area (Å²) < 4.78 is 4.45. The number of unbranched alkanes of at least 4 members (excludes halogenated alkanes) is 1. The third-order valence-electron chi connectivity index (χ3n) is 4.32. The van der Waals surface area contributed by atoms with Crippen LogP contribution in [0, 0.1) is 11.8 Å². The molecule has 0 fully saturated rings. The van der Waals surface area contributed by atoms with Crippen LogP contribution in [0.1, 0.15) is 39.5 Å². The summed E-state index contributed by atoms with van der Waals surface area (Å²) >= 11 is 0. The molecule has 0 bridgehead atoms. The fourth-order valence-corrected chi connectivity index (χ4v) is 2.97. The molecule has 0 saturated heterocycles. The van der Waals surface area contributed by atoms with Crippen molar-refractivity contribution in [3.05, 3.63) is 27.2 Å². The van der Waals surface area contributed by atoms with E-state index in [0.29, 0.717) is 43.5 Å². The predicted octanol–water partition coefficient (Wildman–Crippen LogP) is 0.190. The Morgan fingerprint density at radius 2 is 2.04 bits per heavy atom. The van der Waals surface area contributed by atoms with Crippen LogP contribution in [0.3, 0.4) is 0 Å². The second-order valence-corrected chi connectivity index (χ2v) is 6.65. The molecule has 0 aromatic carbocycles. The van der Waals surface area contributed by atoms with E-state index >= 15 is 0 Å². The van der Waals surface area contributed by atoms with Gasteiger partial charge in [0.2, 0.25) is 0 Å². The van der Waals surface area contributed by atoms with Gasteiger partial charge in [0.15, 0.2) is 11.2 Å². The molecule has 8 heteroatoms. The van der Waals surface area contributed by atoms with Crippen LogP contribution in [0.4, 0.5) is 0 Å². The number of fused-ring (bicyclic) bond motifs is 1. The summed E-state index contributed by atoms with van der Waals surface area (Å²) in [6, 6.07) is 0. The summed E-state index contributed by atoms with van der Waals surface area (Å²) in [7, 11) is 1.62. The topological polar surface area (TPSA) is 108 Å². The molecule has 0 aliphatic carbocycles. The van der Waals surface area contributed by atoms with Gasteiger partial charge in [0.25, 0.3) is 5.56 Å². The Morgan fingerprint density at radius 3 is 2.69 bits per heavy atom. The molecule has 1 atom stereocenters. The molecule has 0 amide bonds. The fraction of sp³-hybridized carbons (Fsp3) is 0.611. The number of imidazole rings is 1. The van der Waals surface area contributed by atoms with Crippen LogP contribution in [0.5, 0.6) is 0 Å². The van der Waals surface area contributed by atoms with Crippen LogP contribution in [-0.4, -0.2) is 35.9 Å². The normalized spacial score (nSPS) is 13.4. The van der Waals surface area contributed by atoms with Gasteiger partial charge in [0.1, 0.15) is 5.60 Å². The highest BCUT2D eigenvalue weighted by Gasteiger charge is 2.18. The molecule has 2 aromatic rings. The predicted molar refractivity (Wildman–Crippen MR) is 101 cm³/mol. The molecular formula is C18H27N5O3. The zero-order valence-electron chi connectivity index (χ0n) is 15.7. The molecular weight excluding hydrogens is 334 g/mol. The standard InChI is InChI=1S/C18H27N5O3/c1-4-11-22-13-20-15-14(22)16(24)23(17(25)21(15)3)12-6-5-8-18(2,26)9-7-10-19/h13,26H,4-6,8,10-12,19H2,1-3H3. The Hall–Kier alpha value is -2.37. The smallest absolute Gasteiger partial charge is 0.332 e. The van der Waals surface area contributed by atoms with Gasteiger partial charge in [0.05, 0.1) is 12.9 Å². The van der Waals surface area contributed by atoms with Crippen molar-refractivity contribution in [3.63, 3.8) is 0 Å². The number of aromatic nitrogens is 4. The Kier molecular flexibility index (Phi) is 6.40. The molecule has 0 radical (unpaired) electrons. The monoisotopic (exact) mass is 361 g/mol. The number of nitrogens with two attached hydrogens (primary N) is 1. The van der Waals surface area contributed by atoms with Crippen LogP contribution in [-0.2, 0) is 20.1 Å². The first-order valence-electron chi connectivity index (χ1n) is 8.89. The van der Waals surface area contributed by atoms with E-state index in [1.807, 2.05) is 6.92 Å². The minimum Gasteiger partial charge on any atom is -0.378 e. The molecule has 0 aliphatic rings. The average Bonchev–Trinajstić information content (AvgIpc) is 3.02. The molecule has 0 aliphatic heterocycles.